The Labute approximate surface area is 107 Å². The number of ether oxygens (including phenoxy) is 1. The van der Waals surface area contributed by atoms with Crippen molar-refractivity contribution in [2.75, 3.05) is 7.11 Å². The third kappa shape index (κ3) is 3.00. The quantitative estimate of drug-likeness (QED) is 0.897. The van der Waals surface area contributed by atoms with Crippen molar-refractivity contribution in [2.24, 2.45) is 0 Å². The van der Waals surface area contributed by atoms with Crippen LogP contribution in [0, 0.1) is 6.92 Å². The Balaban J connectivity index is 1.99. The number of aryl methyl sites for hydroxylation is 3. The molecule has 0 atom stereocenters. The number of hydrogen-bond acceptors (Lipinski definition) is 3. The molecule has 2 aromatic rings. The fraction of sp³-hybridized carbons (Fsp3) is 0.267. The SMILES string of the molecule is COc1ccc(CCc2ccc(O)c(C)n2)cc1. The van der Waals surface area contributed by atoms with Crippen LogP contribution in [0.2, 0.25) is 0 Å². The van der Waals surface area contributed by atoms with Gasteiger partial charge in [-0.3, -0.25) is 4.98 Å². The number of benzene rings is 1. The smallest absolute Gasteiger partial charge is 0.136 e. The van der Waals surface area contributed by atoms with E-state index in [1.54, 1.807) is 13.2 Å². The monoisotopic (exact) mass is 243 g/mol. The summed E-state index contributed by atoms with van der Waals surface area (Å²) < 4.78 is 5.12. The molecule has 1 N–H and O–H groups in total. The molecule has 0 aliphatic heterocycles. The molecule has 0 aliphatic carbocycles. The van der Waals surface area contributed by atoms with Gasteiger partial charge in [0.1, 0.15) is 11.5 Å². The molecule has 0 saturated carbocycles. The Morgan fingerprint density at radius 3 is 2.39 bits per heavy atom. The van der Waals surface area contributed by atoms with Crippen molar-refractivity contribution in [1.29, 1.82) is 0 Å². The van der Waals surface area contributed by atoms with Gasteiger partial charge >= 0.3 is 0 Å². The van der Waals surface area contributed by atoms with Crippen LogP contribution in [0.25, 0.3) is 0 Å². The van der Waals surface area contributed by atoms with Gasteiger partial charge in [-0.15, -0.1) is 0 Å². The second-order valence-electron chi connectivity index (χ2n) is 4.26. The van der Waals surface area contributed by atoms with E-state index in [0.717, 1.165) is 24.3 Å². The summed E-state index contributed by atoms with van der Waals surface area (Å²) in [6.07, 6.45) is 1.80. The average Bonchev–Trinajstić information content (AvgIpc) is 2.41. The third-order valence-electron chi connectivity index (χ3n) is 2.94. The van der Waals surface area contributed by atoms with Crippen molar-refractivity contribution < 1.29 is 9.84 Å². The van der Waals surface area contributed by atoms with E-state index in [1.165, 1.54) is 5.56 Å². The lowest BCUT2D eigenvalue weighted by Gasteiger charge is -2.05. The molecule has 0 aliphatic rings. The molecule has 94 valence electrons. The van der Waals surface area contributed by atoms with Crippen LogP contribution >= 0.6 is 0 Å². The van der Waals surface area contributed by atoms with Crippen molar-refractivity contribution in [3.8, 4) is 11.5 Å². The largest absolute Gasteiger partial charge is 0.506 e. The van der Waals surface area contributed by atoms with Gasteiger partial charge in [0.25, 0.3) is 0 Å². The molecule has 0 saturated heterocycles. The molecule has 0 bridgehead atoms. The number of rotatable bonds is 4. The van der Waals surface area contributed by atoms with E-state index in [2.05, 4.69) is 17.1 Å². The van der Waals surface area contributed by atoms with Gasteiger partial charge < -0.3 is 9.84 Å². The maximum absolute atomic E-state index is 9.41. The zero-order valence-corrected chi connectivity index (χ0v) is 10.7. The molecule has 0 amide bonds. The van der Waals surface area contributed by atoms with Crippen molar-refractivity contribution >= 4 is 0 Å². The topological polar surface area (TPSA) is 42.4 Å². The van der Waals surface area contributed by atoms with Gasteiger partial charge in [0.05, 0.1) is 12.8 Å². The molecule has 0 radical (unpaired) electrons. The van der Waals surface area contributed by atoms with E-state index in [9.17, 15) is 5.11 Å². The lowest BCUT2D eigenvalue weighted by Crippen LogP contribution is -1.96. The second-order valence-corrected chi connectivity index (χ2v) is 4.26. The molecule has 3 nitrogen and oxygen atoms in total. The van der Waals surface area contributed by atoms with E-state index in [1.807, 2.05) is 25.1 Å². The summed E-state index contributed by atoms with van der Waals surface area (Å²) in [5.41, 5.74) is 2.94. The van der Waals surface area contributed by atoms with E-state index < -0.39 is 0 Å². The Morgan fingerprint density at radius 1 is 1.06 bits per heavy atom. The summed E-state index contributed by atoms with van der Waals surface area (Å²) in [5, 5.41) is 9.41. The molecule has 1 aromatic carbocycles. The first-order chi connectivity index (χ1) is 8.69. The standard InChI is InChI=1S/C15H17NO2/c1-11-15(17)10-7-13(16-11)6-3-12-4-8-14(18-2)9-5-12/h4-5,7-10,17H,3,6H2,1-2H3. The van der Waals surface area contributed by atoms with Crippen LogP contribution in [0.15, 0.2) is 36.4 Å². The van der Waals surface area contributed by atoms with Crippen LogP contribution in [-0.2, 0) is 12.8 Å². The fourth-order valence-electron chi connectivity index (χ4n) is 1.81. The first kappa shape index (κ1) is 12.4. The molecule has 0 unspecified atom stereocenters. The third-order valence-corrected chi connectivity index (χ3v) is 2.94. The van der Waals surface area contributed by atoms with Gasteiger partial charge in [-0.1, -0.05) is 12.1 Å². The predicted octanol–water partition coefficient (Wildman–Crippen LogP) is 2.89. The second kappa shape index (κ2) is 5.54. The number of aromatic nitrogens is 1. The minimum absolute atomic E-state index is 0.253. The zero-order valence-electron chi connectivity index (χ0n) is 10.7. The number of aromatic hydroxyl groups is 1. The average molecular weight is 243 g/mol. The first-order valence-corrected chi connectivity index (χ1v) is 5.97. The van der Waals surface area contributed by atoms with Gasteiger partial charge in [0, 0.05) is 5.69 Å². The highest BCUT2D eigenvalue weighted by atomic mass is 16.5. The maximum atomic E-state index is 9.41. The summed E-state index contributed by atoms with van der Waals surface area (Å²) in [6, 6.07) is 11.6. The van der Waals surface area contributed by atoms with Crippen LogP contribution in [-0.4, -0.2) is 17.2 Å². The molecule has 2 rings (SSSR count). The Hall–Kier alpha value is -2.03. The lowest BCUT2D eigenvalue weighted by molar-refractivity contribution is 0.414. The number of hydrogen-bond donors (Lipinski definition) is 1. The van der Waals surface area contributed by atoms with Crippen molar-refractivity contribution in [2.45, 2.75) is 19.8 Å². The molecule has 3 heteroatoms. The van der Waals surface area contributed by atoms with E-state index in [0.29, 0.717) is 5.69 Å². The van der Waals surface area contributed by atoms with Crippen LogP contribution in [0.3, 0.4) is 0 Å². The molecule has 0 spiro atoms. The van der Waals surface area contributed by atoms with Crippen molar-refractivity contribution in [3.05, 3.63) is 53.3 Å². The van der Waals surface area contributed by atoms with Crippen LogP contribution < -0.4 is 4.74 Å². The van der Waals surface area contributed by atoms with Gasteiger partial charge in [-0.2, -0.15) is 0 Å². The Kier molecular flexibility index (Phi) is 3.82. The molecule has 0 fully saturated rings. The van der Waals surface area contributed by atoms with Crippen LogP contribution in [0.1, 0.15) is 17.0 Å². The highest BCUT2D eigenvalue weighted by molar-refractivity contribution is 5.29. The highest BCUT2D eigenvalue weighted by Gasteiger charge is 2.01. The summed E-state index contributed by atoms with van der Waals surface area (Å²) in [7, 11) is 1.66. The normalized spacial score (nSPS) is 10.3. The number of methoxy groups -OCH3 is 1. The Bertz CT molecular complexity index is 521. The fourth-order valence-corrected chi connectivity index (χ4v) is 1.81. The Morgan fingerprint density at radius 2 is 1.78 bits per heavy atom. The minimum Gasteiger partial charge on any atom is -0.506 e. The summed E-state index contributed by atoms with van der Waals surface area (Å²) in [4.78, 5) is 4.35. The van der Waals surface area contributed by atoms with Gasteiger partial charge in [0.15, 0.2) is 0 Å². The molecular weight excluding hydrogens is 226 g/mol. The highest BCUT2D eigenvalue weighted by Crippen LogP contribution is 2.16. The van der Waals surface area contributed by atoms with Gasteiger partial charge in [-0.25, -0.2) is 0 Å². The molecule has 18 heavy (non-hydrogen) atoms. The predicted molar refractivity (Wildman–Crippen MR) is 71.0 cm³/mol. The van der Waals surface area contributed by atoms with E-state index >= 15 is 0 Å². The maximum Gasteiger partial charge on any atom is 0.136 e. The van der Waals surface area contributed by atoms with E-state index in [-0.39, 0.29) is 5.75 Å². The summed E-state index contributed by atoms with van der Waals surface area (Å²) in [5.74, 6) is 1.13. The molecule has 1 aromatic heterocycles. The summed E-state index contributed by atoms with van der Waals surface area (Å²) >= 11 is 0. The first-order valence-electron chi connectivity index (χ1n) is 5.97. The van der Waals surface area contributed by atoms with Gasteiger partial charge in [0.2, 0.25) is 0 Å². The van der Waals surface area contributed by atoms with Crippen molar-refractivity contribution in [1.82, 2.24) is 4.98 Å². The lowest BCUT2D eigenvalue weighted by atomic mass is 10.1. The molecular formula is C15H17NO2. The molecule has 1 heterocycles. The van der Waals surface area contributed by atoms with Crippen LogP contribution in [0.5, 0.6) is 11.5 Å². The summed E-state index contributed by atoms with van der Waals surface area (Å²) in [6.45, 7) is 1.81. The van der Waals surface area contributed by atoms with Crippen molar-refractivity contribution in [3.63, 3.8) is 0 Å². The minimum atomic E-state index is 0.253. The zero-order chi connectivity index (χ0) is 13.0. The van der Waals surface area contributed by atoms with Gasteiger partial charge in [-0.05, 0) is 49.6 Å². The van der Waals surface area contributed by atoms with E-state index in [4.69, 9.17) is 4.74 Å². The number of pyridine rings is 1. The number of nitrogens with zero attached hydrogens (tertiary/aromatic N) is 1. The van der Waals surface area contributed by atoms with Crippen LogP contribution in [0.4, 0.5) is 0 Å².